The van der Waals surface area contributed by atoms with Gasteiger partial charge in [0, 0.05) is 6.92 Å². The lowest BCUT2D eigenvalue weighted by Crippen LogP contribution is -1.90. The van der Waals surface area contributed by atoms with E-state index in [9.17, 15) is 0 Å². The number of hydrogen-bond donors (Lipinski definition) is 1. The third-order valence-electron chi connectivity index (χ3n) is 3.40. The summed E-state index contributed by atoms with van der Waals surface area (Å²) in [7, 11) is 0. The number of carboxylic acids is 1. The summed E-state index contributed by atoms with van der Waals surface area (Å²) in [6.45, 7) is 3.35. The number of aryl methyl sites for hydroxylation is 1. The third-order valence-corrected chi connectivity index (χ3v) is 3.40. The van der Waals surface area contributed by atoms with E-state index in [1.807, 2.05) is 0 Å². The van der Waals surface area contributed by atoms with Crippen LogP contribution in [0.1, 0.15) is 45.1 Å². The van der Waals surface area contributed by atoms with Gasteiger partial charge in [0.1, 0.15) is 0 Å². The summed E-state index contributed by atoms with van der Waals surface area (Å²) in [4.78, 5) is 9.00. The SMILES string of the molecule is CC(=O)O.CCCCCCc1ccccc1-c1ccccc1. The van der Waals surface area contributed by atoms with Crippen molar-refractivity contribution in [3.8, 4) is 11.1 Å². The van der Waals surface area contributed by atoms with Crippen molar-refractivity contribution >= 4 is 5.97 Å². The second-order valence-corrected chi connectivity index (χ2v) is 5.35. The highest BCUT2D eigenvalue weighted by Gasteiger charge is 2.03. The predicted octanol–water partition coefficient (Wildman–Crippen LogP) is 5.57. The molecule has 0 radical (unpaired) electrons. The van der Waals surface area contributed by atoms with Gasteiger partial charge in [-0.2, -0.15) is 0 Å². The molecular weight excluding hydrogens is 272 g/mol. The van der Waals surface area contributed by atoms with Crippen LogP contribution in [0.25, 0.3) is 11.1 Å². The molecule has 22 heavy (non-hydrogen) atoms. The van der Waals surface area contributed by atoms with Crippen molar-refractivity contribution in [2.24, 2.45) is 0 Å². The molecule has 0 saturated carbocycles. The van der Waals surface area contributed by atoms with E-state index in [1.54, 1.807) is 0 Å². The maximum absolute atomic E-state index is 9.00. The van der Waals surface area contributed by atoms with Crippen LogP contribution < -0.4 is 0 Å². The molecule has 0 aliphatic heterocycles. The Balaban J connectivity index is 0.000000541. The fraction of sp³-hybridized carbons (Fsp3) is 0.350. The summed E-state index contributed by atoms with van der Waals surface area (Å²) >= 11 is 0. The van der Waals surface area contributed by atoms with E-state index in [1.165, 1.54) is 48.8 Å². The van der Waals surface area contributed by atoms with E-state index in [-0.39, 0.29) is 0 Å². The Morgan fingerprint density at radius 2 is 1.50 bits per heavy atom. The van der Waals surface area contributed by atoms with E-state index in [4.69, 9.17) is 9.90 Å². The Morgan fingerprint density at radius 1 is 0.909 bits per heavy atom. The molecule has 0 saturated heterocycles. The molecule has 0 aliphatic rings. The van der Waals surface area contributed by atoms with Gasteiger partial charge in [-0.15, -0.1) is 0 Å². The van der Waals surface area contributed by atoms with E-state index >= 15 is 0 Å². The molecule has 0 amide bonds. The largest absolute Gasteiger partial charge is 0.481 e. The minimum absolute atomic E-state index is 0.833. The van der Waals surface area contributed by atoms with E-state index in [0.717, 1.165) is 6.92 Å². The van der Waals surface area contributed by atoms with Crippen LogP contribution in [0.2, 0.25) is 0 Å². The number of rotatable bonds is 6. The summed E-state index contributed by atoms with van der Waals surface area (Å²) in [5.41, 5.74) is 4.22. The fourth-order valence-electron chi connectivity index (χ4n) is 2.38. The Hall–Kier alpha value is -2.09. The molecule has 0 aromatic heterocycles. The number of benzene rings is 2. The number of carboxylic acid groups (broad SMARTS) is 1. The fourth-order valence-corrected chi connectivity index (χ4v) is 2.38. The number of hydrogen-bond acceptors (Lipinski definition) is 1. The zero-order valence-corrected chi connectivity index (χ0v) is 13.6. The first kappa shape index (κ1) is 18.0. The first-order valence-electron chi connectivity index (χ1n) is 7.98. The summed E-state index contributed by atoms with van der Waals surface area (Å²) in [5.74, 6) is -0.833. The predicted molar refractivity (Wildman–Crippen MR) is 93.0 cm³/mol. The first-order chi connectivity index (χ1) is 10.6. The van der Waals surface area contributed by atoms with Gasteiger partial charge in [0.2, 0.25) is 0 Å². The molecule has 118 valence electrons. The molecule has 0 fully saturated rings. The van der Waals surface area contributed by atoms with Gasteiger partial charge in [0.25, 0.3) is 5.97 Å². The molecule has 0 aliphatic carbocycles. The molecule has 0 heterocycles. The molecule has 2 aromatic rings. The Kier molecular flexibility index (Phi) is 8.66. The zero-order chi connectivity index (χ0) is 16.2. The molecule has 2 aromatic carbocycles. The van der Waals surface area contributed by atoms with Crippen LogP contribution in [0, 0.1) is 0 Å². The van der Waals surface area contributed by atoms with Gasteiger partial charge in [-0.05, 0) is 29.5 Å². The lowest BCUT2D eigenvalue weighted by atomic mass is 9.96. The van der Waals surface area contributed by atoms with Gasteiger partial charge in [-0.25, -0.2) is 0 Å². The van der Waals surface area contributed by atoms with Gasteiger partial charge in [-0.1, -0.05) is 80.8 Å². The van der Waals surface area contributed by atoms with Crippen LogP contribution in [0.4, 0.5) is 0 Å². The van der Waals surface area contributed by atoms with Crippen molar-refractivity contribution in [2.75, 3.05) is 0 Å². The Morgan fingerprint density at radius 3 is 2.14 bits per heavy atom. The molecule has 2 heteroatoms. The van der Waals surface area contributed by atoms with E-state index < -0.39 is 5.97 Å². The maximum atomic E-state index is 9.00. The normalized spacial score (nSPS) is 9.73. The summed E-state index contributed by atoms with van der Waals surface area (Å²) in [6.07, 6.45) is 6.51. The van der Waals surface area contributed by atoms with Crippen LogP contribution in [0.15, 0.2) is 54.6 Å². The number of aliphatic carboxylic acids is 1. The zero-order valence-electron chi connectivity index (χ0n) is 13.6. The van der Waals surface area contributed by atoms with E-state index in [2.05, 4.69) is 61.5 Å². The summed E-state index contributed by atoms with van der Waals surface area (Å²) in [5, 5.41) is 7.42. The smallest absolute Gasteiger partial charge is 0.300 e. The second kappa shape index (κ2) is 10.6. The minimum atomic E-state index is -0.833. The average Bonchev–Trinajstić information content (AvgIpc) is 2.52. The molecule has 2 nitrogen and oxygen atoms in total. The molecule has 2 rings (SSSR count). The highest BCUT2D eigenvalue weighted by molar-refractivity contribution is 5.67. The molecule has 0 atom stereocenters. The van der Waals surface area contributed by atoms with Gasteiger partial charge >= 0.3 is 0 Å². The van der Waals surface area contributed by atoms with Crippen molar-refractivity contribution in [2.45, 2.75) is 46.0 Å². The van der Waals surface area contributed by atoms with Gasteiger partial charge < -0.3 is 5.11 Å². The Bertz CT molecular complexity index is 543. The first-order valence-corrected chi connectivity index (χ1v) is 7.98. The lowest BCUT2D eigenvalue weighted by Gasteiger charge is -2.09. The molecule has 1 N–H and O–H groups in total. The van der Waals surface area contributed by atoms with Crippen LogP contribution in [0.3, 0.4) is 0 Å². The molecule has 0 bridgehead atoms. The quantitative estimate of drug-likeness (QED) is 0.708. The van der Waals surface area contributed by atoms with Crippen molar-refractivity contribution in [1.82, 2.24) is 0 Å². The lowest BCUT2D eigenvalue weighted by molar-refractivity contribution is -0.134. The van der Waals surface area contributed by atoms with Gasteiger partial charge in [0.05, 0.1) is 0 Å². The highest BCUT2D eigenvalue weighted by Crippen LogP contribution is 2.24. The van der Waals surface area contributed by atoms with Crippen LogP contribution in [-0.2, 0) is 11.2 Å². The topological polar surface area (TPSA) is 37.3 Å². The highest BCUT2D eigenvalue weighted by atomic mass is 16.4. The number of carbonyl (C=O) groups is 1. The van der Waals surface area contributed by atoms with Crippen molar-refractivity contribution < 1.29 is 9.90 Å². The summed E-state index contributed by atoms with van der Waals surface area (Å²) < 4.78 is 0. The van der Waals surface area contributed by atoms with Crippen molar-refractivity contribution in [1.29, 1.82) is 0 Å². The van der Waals surface area contributed by atoms with Crippen LogP contribution in [0.5, 0.6) is 0 Å². The van der Waals surface area contributed by atoms with Crippen molar-refractivity contribution in [3.05, 3.63) is 60.2 Å². The standard InChI is InChI=1S/C18H22.C2H4O2/c1-2-3-4-6-11-17-14-9-10-15-18(17)16-12-7-5-8-13-16;1-2(3)4/h5,7-10,12-15H,2-4,6,11H2,1H3;1H3,(H,3,4). The van der Waals surface area contributed by atoms with Crippen LogP contribution in [-0.4, -0.2) is 11.1 Å². The number of unbranched alkanes of at least 4 members (excludes halogenated alkanes) is 3. The molecule has 0 spiro atoms. The van der Waals surface area contributed by atoms with Crippen LogP contribution >= 0.6 is 0 Å². The average molecular weight is 298 g/mol. The second-order valence-electron chi connectivity index (χ2n) is 5.35. The minimum Gasteiger partial charge on any atom is -0.481 e. The summed E-state index contributed by atoms with van der Waals surface area (Å²) in [6, 6.07) is 19.5. The van der Waals surface area contributed by atoms with Gasteiger partial charge in [0.15, 0.2) is 0 Å². The molecular formula is C20H26O2. The Labute approximate surface area is 133 Å². The third kappa shape index (κ3) is 7.07. The van der Waals surface area contributed by atoms with Crippen molar-refractivity contribution in [3.63, 3.8) is 0 Å². The van der Waals surface area contributed by atoms with Gasteiger partial charge in [-0.3, -0.25) is 4.79 Å². The maximum Gasteiger partial charge on any atom is 0.300 e. The molecule has 0 unspecified atom stereocenters. The monoisotopic (exact) mass is 298 g/mol. The van der Waals surface area contributed by atoms with E-state index in [0.29, 0.717) is 0 Å².